The van der Waals surface area contributed by atoms with E-state index in [1.165, 1.54) is 6.20 Å². The normalized spacial score (nSPS) is 15.9. The van der Waals surface area contributed by atoms with E-state index in [1.54, 1.807) is 4.57 Å². The van der Waals surface area contributed by atoms with Crippen LogP contribution in [0.4, 0.5) is 4.39 Å². The molecule has 2 aliphatic rings. The molecule has 0 saturated heterocycles. The maximum Gasteiger partial charge on any atom is 0.341 e. The topological polar surface area (TPSA) is 68.5 Å². The van der Waals surface area contributed by atoms with E-state index in [0.29, 0.717) is 18.6 Å². The minimum Gasteiger partial charge on any atom is -0.493 e. The van der Waals surface area contributed by atoms with E-state index in [4.69, 9.17) is 4.74 Å². The fraction of sp³-hybridized carbons (Fsp3) is 0.290. The zero-order chi connectivity index (χ0) is 26.3. The lowest BCUT2D eigenvalue weighted by Crippen LogP contribution is -2.35. The van der Waals surface area contributed by atoms with Crippen LogP contribution in [0.25, 0.3) is 22.4 Å². The molecule has 0 saturated carbocycles. The molecular weight excluding hydrogens is 469 g/mol. The van der Waals surface area contributed by atoms with Crippen molar-refractivity contribution in [2.75, 3.05) is 6.61 Å². The zero-order valence-corrected chi connectivity index (χ0v) is 21.3. The SMILES string of the molecule is CC(C)(C)[C@@H]1Cc2c(cc(-c3ccccccccc3)c3c2CCCO3)-c2c(F)c(=O)c(C(=O)O)cn21. The molecule has 0 aliphatic carbocycles. The second-order valence-electron chi connectivity index (χ2n) is 10.7. The molecule has 2 aromatic carbocycles. The first-order valence-corrected chi connectivity index (χ1v) is 12.6. The van der Waals surface area contributed by atoms with Crippen molar-refractivity contribution in [1.29, 1.82) is 0 Å². The monoisotopic (exact) mass is 499 g/mol. The van der Waals surface area contributed by atoms with Crippen molar-refractivity contribution in [1.82, 2.24) is 4.57 Å². The number of hydrogen-bond donors (Lipinski definition) is 1. The average Bonchev–Trinajstić information content (AvgIpc) is 2.87. The van der Waals surface area contributed by atoms with Crippen LogP contribution in [0.3, 0.4) is 0 Å². The van der Waals surface area contributed by atoms with Gasteiger partial charge in [0.05, 0.1) is 12.3 Å². The van der Waals surface area contributed by atoms with Crippen LogP contribution < -0.4 is 10.2 Å². The Morgan fingerprint density at radius 1 is 1.03 bits per heavy atom. The van der Waals surface area contributed by atoms with Gasteiger partial charge in [-0.1, -0.05) is 75.4 Å². The van der Waals surface area contributed by atoms with Gasteiger partial charge >= 0.3 is 5.97 Å². The molecule has 6 heteroatoms. The molecule has 0 bridgehead atoms. The fourth-order valence-corrected chi connectivity index (χ4v) is 5.42. The van der Waals surface area contributed by atoms with Crippen molar-refractivity contribution in [2.45, 2.75) is 46.1 Å². The van der Waals surface area contributed by atoms with Crippen LogP contribution in [0.15, 0.2) is 71.7 Å². The standard InChI is InChI=1S/C31H30FNO4/c1-31(2,3)25-17-22-20-14-11-15-37-29(20)21(19-12-9-7-5-4-6-8-10-13-19)16-23(22)27-26(32)28(34)24(30(35)36)18-33(25)27/h4-10,12-13,16,18,25H,11,14-15,17H2,1-3H3,(H,35,36)/t25-/m0/s1. The molecular formula is C31H30FNO4. The van der Waals surface area contributed by atoms with Crippen molar-refractivity contribution < 1.29 is 19.0 Å². The van der Waals surface area contributed by atoms with Crippen LogP contribution in [-0.4, -0.2) is 22.2 Å². The molecule has 1 aromatic heterocycles. The lowest BCUT2D eigenvalue weighted by Gasteiger charge is -2.40. The maximum absolute atomic E-state index is 15.9. The predicted molar refractivity (Wildman–Crippen MR) is 142 cm³/mol. The molecule has 5 nitrogen and oxygen atoms in total. The molecule has 5 rings (SSSR count). The summed E-state index contributed by atoms with van der Waals surface area (Å²) in [7, 11) is 0. The summed E-state index contributed by atoms with van der Waals surface area (Å²) >= 11 is 0. The summed E-state index contributed by atoms with van der Waals surface area (Å²) in [6.07, 6.45) is 3.54. The molecule has 190 valence electrons. The number of carbonyl (C=O) groups is 1. The molecule has 3 heterocycles. The van der Waals surface area contributed by atoms with E-state index in [-0.39, 0.29) is 17.2 Å². The third kappa shape index (κ3) is 4.41. The van der Waals surface area contributed by atoms with E-state index < -0.39 is 22.8 Å². The number of halogens is 1. The number of aromatic carboxylic acids is 1. The largest absolute Gasteiger partial charge is 0.493 e. The highest BCUT2D eigenvalue weighted by molar-refractivity contribution is 5.88. The van der Waals surface area contributed by atoms with Gasteiger partial charge in [-0.15, -0.1) is 0 Å². The van der Waals surface area contributed by atoms with Gasteiger partial charge in [0.15, 0.2) is 5.82 Å². The molecule has 0 fully saturated rings. The van der Waals surface area contributed by atoms with Crippen molar-refractivity contribution in [3.63, 3.8) is 0 Å². The van der Waals surface area contributed by atoms with Gasteiger partial charge in [-0.3, -0.25) is 4.79 Å². The number of carboxylic acid groups (broad SMARTS) is 1. The highest BCUT2D eigenvalue weighted by Crippen LogP contribution is 2.49. The van der Waals surface area contributed by atoms with Crippen molar-refractivity contribution in [2.24, 2.45) is 5.41 Å². The Labute approximate surface area is 215 Å². The molecule has 37 heavy (non-hydrogen) atoms. The highest BCUT2D eigenvalue weighted by atomic mass is 19.1. The van der Waals surface area contributed by atoms with Crippen molar-refractivity contribution in [3.8, 4) is 28.1 Å². The van der Waals surface area contributed by atoms with Crippen molar-refractivity contribution >= 4 is 5.97 Å². The molecule has 2 aliphatic heterocycles. The Bertz CT molecular complexity index is 1490. The lowest BCUT2D eigenvalue weighted by molar-refractivity contribution is 0.0692. The molecule has 0 unspecified atom stereocenters. The van der Waals surface area contributed by atoms with Crippen LogP contribution >= 0.6 is 0 Å². The number of benzene rings is 1. The minimum absolute atomic E-state index is 0.147. The molecule has 1 atom stereocenters. The zero-order valence-electron chi connectivity index (χ0n) is 21.3. The first-order valence-electron chi connectivity index (χ1n) is 12.6. The van der Waals surface area contributed by atoms with Gasteiger partial charge in [-0.05, 0) is 47.4 Å². The van der Waals surface area contributed by atoms with E-state index in [9.17, 15) is 14.7 Å². The van der Waals surface area contributed by atoms with Crippen molar-refractivity contribution in [3.05, 3.63) is 99.6 Å². The number of ether oxygens (including phenoxy) is 1. The number of pyridine rings is 1. The quantitative estimate of drug-likeness (QED) is 0.431. The van der Waals surface area contributed by atoms with Gasteiger partial charge in [0.2, 0.25) is 5.43 Å². The smallest absolute Gasteiger partial charge is 0.341 e. The number of fused-ring (bicyclic) bond motifs is 5. The summed E-state index contributed by atoms with van der Waals surface area (Å²) in [6, 6.07) is 19.2. The summed E-state index contributed by atoms with van der Waals surface area (Å²) in [5.74, 6) is -1.65. The van der Waals surface area contributed by atoms with Crippen LogP contribution in [0.5, 0.6) is 5.75 Å². The average molecular weight is 500 g/mol. The molecule has 1 N–H and O–H groups in total. The summed E-state index contributed by atoms with van der Waals surface area (Å²) in [5.41, 5.74) is 2.54. The lowest BCUT2D eigenvalue weighted by atomic mass is 9.76. The van der Waals surface area contributed by atoms with Crippen LogP contribution in [0.1, 0.15) is 54.7 Å². The van der Waals surface area contributed by atoms with E-state index in [0.717, 1.165) is 40.8 Å². The van der Waals surface area contributed by atoms with E-state index in [1.807, 2.05) is 81.4 Å². The van der Waals surface area contributed by atoms with Gasteiger partial charge in [-0.25, -0.2) is 9.18 Å². The second-order valence-corrected chi connectivity index (χ2v) is 10.7. The van der Waals surface area contributed by atoms with Gasteiger partial charge in [0.25, 0.3) is 0 Å². The third-order valence-corrected chi connectivity index (χ3v) is 7.24. The maximum atomic E-state index is 15.9. The van der Waals surface area contributed by atoms with E-state index >= 15 is 4.39 Å². The Kier molecular flexibility index (Phi) is 6.36. The van der Waals surface area contributed by atoms with Gasteiger partial charge in [0.1, 0.15) is 11.3 Å². The number of carboxylic acids is 1. The first kappa shape index (κ1) is 24.8. The molecule has 0 amide bonds. The number of rotatable bonds is 2. The summed E-state index contributed by atoms with van der Waals surface area (Å²) in [6.45, 7) is 6.74. The minimum atomic E-state index is -1.43. The summed E-state index contributed by atoms with van der Waals surface area (Å²) < 4.78 is 23.8. The molecule has 3 aromatic rings. The second kappa shape index (κ2) is 9.51. The van der Waals surface area contributed by atoms with Gasteiger partial charge < -0.3 is 14.4 Å². The molecule has 0 radical (unpaired) electrons. The van der Waals surface area contributed by atoms with E-state index in [2.05, 4.69) is 0 Å². The highest BCUT2D eigenvalue weighted by Gasteiger charge is 2.38. The number of hydrogen-bond acceptors (Lipinski definition) is 3. The predicted octanol–water partition coefficient (Wildman–Crippen LogP) is 6.61. The number of nitrogens with zero attached hydrogens (tertiary/aromatic N) is 1. The molecule has 0 spiro atoms. The van der Waals surface area contributed by atoms with Crippen LogP contribution in [0, 0.1) is 11.2 Å². The Morgan fingerprint density at radius 3 is 2.30 bits per heavy atom. The number of aromatic nitrogens is 1. The summed E-state index contributed by atoms with van der Waals surface area (Å²) in [5, 5.41) is 9.61. The fourth-order valence-electron chi connectivity index (χ4n) is 5.42. The third-order valence-electron chi connectivity index (χ3n) is 7.24. The van der Waals surface area contributed by atoms with Gasteiger partial charge in [0, 0.05) is 23.4 Å². The van der Waals surface area contributed by atoms with Gasteiger partial charge in [-0.2, -0.15) is 0 Å². The first-order chi connectivity index (χ1) is 17.7. The Morgan fingerprint density at radius 2 is 1.68 bits per heavy atom. The Balaban J connectivity index is 1.88. The Hall–Kier alpha value is -3.93. The van der Waals surface area contributed by atoms with Crippen LogP contribution in [-0.2, 0) is 12.8 Å². The summed E-state index contributed by atoms with van der Waals surface area (Å²) in [4.78, 5) is 24.6. The van der Waals surface area contributed by atoms with Crippen LogP contribution in [0.2, 0.25) is 0 Å².